The average molecular weight is 352 g/mol. The zero-order valence-electron chi connectivity index (χ0n) is 14.2. The van der Waals surface area contributed by atoms with Gasteiger partial charge in [-0.25, -0.2) is 4.79 Å². The molecule has 2 fully saturated rings. The minimum atomic E-state index is -0.191. The quantitative estimate of drug-likeness (QED) is 0.860. The lowest BCUT2D eigenvalue weighted by Crippen LogP contribution is -2.51. The van der Waals surface area contributed by atoms with Gasteiger partial charge >= 0.3 is 6.03 Å². The molecule has 2 amide bonds. The Kier molecular flexibility index (Phi) is 5.64. The van der Waals surface area contributed by atoms with E-state index in [0.717, 1.165) is 57.4 Å². The third-order valence-corrected chi connectivity index (χ3v) is 5.39. The second kappa shape index (κ2) is 7.72. The van der Waals surface area contributed by atoms with Gasteiger partial charge in [0, 0.05) is 25.7 Å². The van der Waals surface area contributed by atoms with Crippen LogP contribution in [0.4, 0.5) is 10.5 Å². The van der Waals surface area contributed by atoms with E-state index in [0.29, 0.717) is 16.8 Å². The summed E-state index contributed by atoms with van der Waals surface area (Å²) in [6, 6.07) is 6.02. The van der Waals surface area contributed by atoms with Crippen LogP contribution in [0.1, 0.15) is 31.2 Å². The molecule has 132 valence electrons. The maximum absolute atomic E-state index is 12.5. The van der Waals surface area contributed by atoms with Gasteiger partial charge in [-0.15, -0.1) is 0 Å². The molecule has 0 bridgehead atoms. The lowest BCUT2D eigenvalue weighted by Gasteiger charge is -2.41. The second-order valence-electron chi connectivity index (χ2n) is 6.92. The molecule has 3 rings (SSSR count). The summed E-state index contributed by atoms with van der Waals surface area (Å²) in [7, 11) is 0. The fraction of sp³-hybridized carbons (Fsp3) is 0.611. The van der Waals surface area contributed by atoms with E-state index in [1.54, 1.807) is 6.07 Å². The molecule has 0 spiro atoms. The van der Waals surface area contributed by atoms with Crippen molar-refractivity contribution in [3.63, 3.8) is 0 Å². The van der Waals surface area contributed by atoms with E-state index < -0.39 is 0 Å². The average Bonchev–Trinajstić information content (AvgIpc) is 2.58. The van der Waals surface area contributed by atoms with Crippen LogP contribution in [0.5, 0.6) is 0 Å². The lowest BCUT2D eigenvalue weighted by molar-refractivity contribution is 0.0298. The number of aryl methyl sites for hydroxylation is 1. The minimum Gasteiger partial charge on any atom is -0.392 e. The highest BCUT2D eigenvalue weighted by Crippen LogP contribution is 2.25. The van der Waals surface area contributed by atoms with Gasteiger partial charge in [-0.1, -0.05) is 17.7 Å². The van der Waals surface area contributed by atoms with E-state index in [1.165, 1.54) is 0 Å². The van der Waals surface area contributed by atoms with Crippen LogP contribution in [0, 0.1) is 6.92 Å². The van der Waals surface area contributed by atoms with Crippen molar-refractivity contribution in [2.45, 2.75) is 44.8 Å². The van der Waals surface area contributed by atoms with Gasteiger partial charge in [0.05, 0.1) is 16.8 Å². The molecule has 2 heterocycles. The summed E-state index contributed by atoms with van der Waals surface area (Å²) in [6.45, 7) is 5.30. The number of β-amino-alcohol motifs (C(OH)–C–C–N with tert-alkyl or cyclic N) is 1. The van der Waals surface area contributed by atoms with E-state index in [4.69, 9.17) is 11.6 Å². The number of piperidine rings is 2. The summed E-state index contributed by atoms with van der Waals surface area (Å²) in [5.74, 6) is 0. The molecule has 0 saturated carbocycles. The first-order chi connectivity index (χ1) is 11.5. The molecule has 1 atom stereocenters. The minimum absolute atomic E-state index is 0.0837. The Balaban J connectivity index is 1.52. The van der Waals surface area contributed by atoms with Crippen LogP contribution in [-0.4, -0.2) is 59.3 Å². The molecule has 5 nitrogen and oxygen atoms in total. The largest absolute Gasteiger partial charge is 0.392 e. The van der Waals surface area contributed by atoms with Crippen LogP contribution in [0.25, 0.3) is 0 Å². The van der Waals surface area contributed by atoms with E-state index in [2.05, 4.69) is 10.2 Å². The first-order valence-corrected chi connectivity index (χ1v) is 9.15. The monoisotopic (exact) mass is 351 g/mol. The number of carbonyl (C=O) groups excluding carboxylic acids is 1. The van der Waals surface area contributed by atoms with E-state index in [9.17, 15) is 9.90 Å². The van der Waals surface area contributed by atoms with Crippen molar-refractivity contribution >= 4 is 23.3 Å². The number of nitrogens with one attached hydrogen (secondary N) is 1. The number of halogens is 1. The predicted molar refractivity (Wildman–Crippen MR) is 96.6 cm³/mol. The third kappa shape index (κ3) is 4.21. The topological polar surface area (TPSA) is 55.8 Å². The Labute approximate surface area is 148 Å². The van der Waals surface area contributed by atoms with Gasteiger partial charge in [-0.2, -0.15) is 0 Å². The number of carbonyl (C=O) groups is 1. The molecule has 2 saturated heterocycles. The van der Waals surface area contributed by atoms with Crippen molar-refractivity contribution in [2.24, 2.45) is 0 Å². The molecule has 0 aliphatic carbocycles. The summed E-state index contributed by atoms with van der Waals surface area (Å²) >= 11 is 6.15. The molecule has 1 aromatic rings. The Morgan fingerprint density at radius 1 is 1.25 bits per heavy atom. The zero-order chi connectivity index (χ0) is 17.1. The second-order valence-corrected chi connectivity index (χ2v) is 7.33. The smallest absolute Gasteiger partial charge is 0.321 e. The van der Waals surface area contributed by atoms with Gasteiger partial charge in [-0.05, 0) is 56.8 Å². The van der Waals surface area contributed by atoms with Gasteiger partial charge in [0.25, 0.3) is 0 Å². The van der Waals surface area contributed by atoms with Crippen molar-refractivity contribution in [2.75, 3.05) is 31.5 Å². The molecular weight excluding hydrogens is 326 g/mol. The van der Waals surface area contributed by atoms with Crippen LogP contribution in [0.3, 0.4) is 0 Å². The van der Waals surface area contributed by atoms with Crippen LogP contribution < -0.4 is 5.32 Å². The predicted octanol–water partition coefficient (Wildman–Crippen LogP) is 3.10. The summed E-state index contributed by atoms with van der Waals surface area (Å²) < 4.78 is 0. The van der Waals surface area contributed by atoms with Crippen molar-refractivity contribution in [3.8, 4) is 0 Å². The van der Waals surface area contributed by atoms with Gasteiger partial charge in [-0.3, -0.25) is 4.90 Å². The molecular formula is C18H26ClN3O2. The highest BCUT2D eigenvalue weighted by molar-refractivity contribution is 6.33. The third-order valence-electron chi connectivity index (χ3n) is 5.06. The summed E-state index contributed by atoms with van der Waals surface area (Å²) in [5.41, 5.74) is 1.74. The standard InChI is InChI=1S/C18H26ClN3O2/c1-13-4-5-16(19)17(11-13)20-18(24)21-9-6-14(7-10-21)22-8-2-3-15(23)12-22/h4-5,11,14-15,23H,2-3,6-10,12H2,1H3,(H,20,24)/t15-/m0/s1. The number of likely N-dealkylation sites (tertiary alicyclic amines) is 2. The molecule has 1 aromatic carbocycles. The van der Waals surface area contributed by atoms with Crippen LogP contribution in [0.15, 0.2) is 18.2 Å². The Bertz CT molecular complexity index is 588. The molecule has 2 N–H and O–H groups in total. The molecule has 0 unspecified atom stereocenters. The lowest BCUT2D eigenvalue weighted by atomic mass is 9.99. The number of nitrogens with zero attached hydrogens (tertiary/aromatic N) is 2. The fourth-order valence-corrected chi connectivity index (χ4v) is 3.84. The number of aliphatic hydroxyl groups is 1. The number of hydrogen-bond donors (Lipinski definition) is 2. The van der Waals surface area contributed by atoms with Crippen LogP contribution in [0.2, 0.25) is 5.02 Å². The van der Waals surface area contributed by atoms with Crippen molar-refractivity contribution < 1.29 is 9.90 Å². The first kappa shape index (κ1) is 17.5. The van der Waals surface area contributed by atoms with Gasteiger partial charge in [0.2, 0.25) is 0 Å². The Morgan fingerprint density at radius 2 is 2.00 bits per heavy atom. The number of anilines is 1. The SMILES string of the molecule is Cc1ccc(Cl)c(NC(=O)N2CCC(N3CCC[C@H](O)C3)CC2)c1. The number of aliphatic hydroxyl groups excluding tert-OH is 1. The molecule has 2 aliphatic heterocycles. The highest BCUT2D eigenvalue weighted by atomic mass is 35.5. The van der Waals surface area contributed by atoms with Crippen LogP contribution >= 0.6 is 11.6 Å². The van der Waals surface area contributed by atoms with E-state index in [1.807, 2.05) is 24.0 Å². The maximum atomic E-state index is 12.5. The van der Waals surface area contributed by atoms with Crippen molar-refractivity contribution in [1.29, 1.82) is 0 Å². The normalized spacial score (nSPS) is 23.3. The molecule has 24 heavy (non-hydrogen) atoms. The molecule has 0 radical (unpaired) electrons. The van der Waals surface area contributed by atoms with Gasteiger partial charge in [0.15, 0.2) is 0 Å². The van der Waals surface area contributed by atoms with Crippen molar-refractivity contribution in [3.05, 3.63) is 28.8 Å². The van der Waals surface area contributed by atoms with Crippen molar-refractivity contribution in [1.82, 2.24) is 9.80 Å². The number of rotatable bonds is 2. The fourth-order valence-electron chi connectivity index (χ4n) is 3.68. The summed E-state index contributed by atoms with van der Waals surface area (Å²) in [4.78, 5) is 16.7. The maximum Gasteiger partial charge on any atom is 0.321 e. The summed E-state index contributed by atoms with van der Waals surface area (Å²) in [5, 5.41) is 13.3. The molecule has 6 heteroatoms. The zero-order valence-corrected chi connectivity index (χ0v) is 14.9. The van der Waals surface area contributed by atoms with Gasteiger partial charge in [0.1, 0.15) is 0 Å². The highest BCUT2D eigenvalue weighted by Gasteiger charge is 2.29. The number of urea groups is 1. The molecule has 0 aromatic heterocycles. The number of amides is 2. The van der Waals surface area contributed by atoms with Gasteiger partial charge < -0.3 is 15.3 Å². The summed E-state index contributed by atoms with van der Waals surface area (Å²) in [6.07, 6.45) is 3.70. The first-order valence-electron chi connectivity index (χ1n) is 8.77. The Morgan fingerprint density at radius 3 is 2.71 bits per heavy atom. The number of benzene rings is 1. The van der Waals surface area contributed by atoms with E-state index in [-0.39, 0.29) is 12.1 Å². The number of hydrogen-bond acceptors (Lipinski definition) is 3. The Hall–Kier alpha value is -1.30. The van der Waals surface area contributed by atoms with E-state index >= 15 is 0 Å². The van der Waals surface area contributed by atoms with Crippen LogP contribution in [-0.2, 0) is 0 Å². The molecule has 2 aliphatic rings.